The standard InChI is InChI=1S/C13H15NO2/c1-4-10(2)12(14-3)13(15)16-11-8-6-5-7-9-11/h5-10,12H,4H2,1-2H3/t10?,12-/m0/s1. The minimum Gasteiger partial charge on any atom is -0.421 e. The van der Waals surface area contributed by atoms with Crippen LogP contribution in [0.15, 0.2) is 30.3 Å². The first-order valence-electron chi connectivity index (χ1n) is 5.32. The zero-order chi connectivity index (χ0) is 12.0. The van der Waals surface area contributed by atoms with Gasteiger partial charge in [0.2, 0.25) is 0 Å². The smallest absolute Gasteiger partial charge is 0.395 e. The van der Waals surface area contributed by atoms with E-state index in [0.29, 0.717) is 5.75 Å². The zero-order valence-electron chi connectivity index (χ0n) is 9.51. The predicted octanol–water partition coefficient (Wildman–Crippen LogP) is 2.93. The van der Waals surface area contributed by atoms with Crippen LogP contribution in [0.4, 0.5) is 0 Å². The highest BCUT2D eigenvalue weighted by Gasteiger charge is 2.31. The van der Waals surface area contributed by atoms with E-state index in [0.717, 1.165) is 6.42 Å². The highest BCUT2D eigenvalue weighted by atomic mass is 16.5. The van der Waals surface area contributed by atoms with Gasteiger partial charge in [0.15, 0.2) is 0 Å². The van der Waals surface area contributed by atoms with Gasteiger partial charge in [0.05, 0.1) is 0 Å². The third kappa shape index (κ3) is 3.09. The number of rotatable bonds is 4. The molecule has 0 fully saturated rings. The quantitative estimate of drug-likeness (QED) is 0.441. The first-order valence-corrected chi connectivity index (χ1v) is 5.32. The highest BCUT2D eigenvalue weighted by molar-refractivity contribution is 5.80. The molecule has 3 nitrogen and oxygen atoms in total. The molecule has 0 spiro atoms. The molecule has 0 saturated carbocycles. The fourth-order valence-corrected chi connectivity index (χ4v) is 1.30. The topological polar surface area (TPSA) is 30.7 Å². The molecule has 0 radical (unpaired) electrons. The molecule has 0 heterocycles. The van der Waals surface area contributed by atoms with E-state index in [1.807, 2.05) is 19.9 Å². The van der Waals surface area contributed by atoms with Crippen molar-refractivity contribution in [2.75, 3.05) is 0 Å². The number of carbonyl (C=O) groups excluding carboxylic acids is 1. The van der Waals surface area contributed by atoms with Gasteiger partial charge in [-0.1, -0.05) is 32.0 Å². The summed E-state index contributed by atoms with van der Waals surface area (Å²) in [6.45, 7) is 10.9. The van der Waals surface area contributed by atoms with Gasteiger partial charge in [-0.3, -0.25) is 0 Å². The predicted molar refractivity (Wildman–Crippen MR) is 61.9 cm³/mol. The van der Waals surface area contributed by atoms with Crippen molar-refractivity contribution >= 4 is 5.97 Å². The van der Waals surface area contributed by atoms with E-state index in [1.165, 1.54) is 0 Å². The number of benzene rings is 1. The summed E-state index contributed by atoms with van der Waals surface area (Å²) < 4.78 is 5.14. The number of ether oxygens (including phenoxy) is 1. The molecule has 84 valence electrons. The average molecular weight is 217 g/mol. The number of hydrogen-bond acceptors (Lipinski definition) is 2. The number of esters is 1. The second-order valence-corrected chi connectivity index (χ2v) is 3.69. The first kappa shape index (κ1) is 12.3. The molecule has 0 aliphatic carbocycles. The lowest BCUT2D eigenvalue weighted by Gasteiger charge is -2.10. The van der Waals surface area contributed by atoms with Gasteiger partial charge in [0.1, 0.15) is 5.75 Å². The molecule has 0 aliphatic rings. The maximum absolute atomic E-state index is 11.7. The van der Waals surface area contributed by atoms with Crippen LogP contribution in [0, 0.1) is 12.5 Å². The molecule has 0 amide bonds. The van der Waals surface area contributed by atoms with Gasteiger partial charge in [-0.25, -0.2) is 11.4 Å². The van der Waals surface area contributed by atoms with Gasteiger partial charge in [0.25, 0.3) is 0 Å². The molecule has 1 aromatic rings. The molecule has 1 rings (SSSR count). The van der Waals surface area contributed by atoms with E-state index in [2.05, 4.69) is 4.85 Å². The fourth-order valence-electron chi connectivity index (χ4n) is 1.30. The summed E-state index contributed by atoms with van der Waals surface area (Å²) in [5, 5.41) is 0. The molecule has 3 heteroatoms. The SMILES string of the molecule is [C-]#[N+][C@H](C(=O)Oc1ccccc1)C(C)CC. The van der Waals surface area contributed by atoms with Crippen molar-refractivity contribution < 1.29 is 9.53 Å². The Labute approximate surface area is 95.9 Å². The first-order chi connectivity index (χ1) is 7.69. The molecule has 0 bridgehead atoms. The molecule has 16 heavy (non-hydrogen) atoms. The van der Waals surface area contributed by atoms with Crippen LogP contribution in [0.25, 0.3) is 4.85 Å². The number of carbonyl (C=O) groups is 1. The van der Waals surface area contributed by atoms with Crippen molar-refractivity contribution in [1.82, 2.24) is 0 Å². The van der Waals surface area contributed by atoms with Crippen molar-refractivity contribution in [2.24, 2.45) is 5.92 Å². The van der Waals surface area contributed by atoms with E-state index < -0.39 is 12.0 Å². The Kier molecular flexibility index (Phi) is 4.53. The van der Waals surface area contributed by atoms with Crippen LogP contribution < -0.4 is 4.74 Å². The van der Waals surface area contributed by atoms with Gasteiger partial charge < -0.3 is 9.58 Å². The molecule has 2 atom stereocenters. The summed E-state index contributed by atoms with van der Waals surface area (Å²) in [5.41, 5.74) is 0. The van der Waals surface area contributed by atoms with E-state index >= 15 is 0 Å². The molecule has 1 unspecified atom stereocenters. The van der Waals surface area contributed by atoms with Crippen LogP contribution in [0.2, 0.25) is 0 Å². The summed E-state index contributed by atoms with van der Waals surface area (Å²) in [7, 11) is 0. The second-order valence-electron chi connectivity index (χ2n) is 3.69. The minimum absolute atomic E-state index is 0.0220. The summed E-state index contributed by atoms with van der Waals surface area (Å²) in [5.74, 6) is 0.0497. The summed E-state index contributed by atoms with van der Waals surface area (Å²) in [4.78, 5) is 15.0. The largest absolute Gasteiger partial charge is 0.421 e. The molecule has 0 aromatic heterocycles. The summed E-state index contributed by atoms with van der Waals surface area (Å²) >= 11 is 0. The molecule has 0 N–H and O–H groups in total. The Balaban J connectivity index is 2.68. The van der Waals surface area contributed by atoms with E-state index in [4.69, 9.17) is 11.3 Å². The van der Waals surface area contributed by atoms with E-state index in [9.17, 15) is 4.79 Å². The maximum Gasteiger partial charge on any atom is 0.395 e. The summed E-state index contributed by atoms with van der Waals surface area (Å²) in [6.07, 6.45) is 0.789. The second kappa shape index (κ2) is 5.92. The Bertz CT molecular complexity index is 381. The Morgan fingerprint density at radius 2 is 2.06 bits per heavy atom. The van der Waals surface area contributed by atoms with Crippen molar-refractivity contribution in [3.05, 3.63) is 41.7 Å². The Morgan fingerprint density at radius 3 is 2.56 bits per heavy atom. The van der Waals surface area contributed by atoms with Crippen LogP contribution in [0.3, 0.4) is 0 Å². The third-order valence-corrected chi connectivity index (χ3v) is 2.53. The number of hydrogen-bond donors (Lipinski definition) is 0. The zero-order valence-corrected chi connectivity index (χ0v) is 9.51. The minimum atomic E-state index is -0.704. The summed E-state index contributed by atoms with van der Waals surface area (Å²) in [6, 6.07) is 8.13. The molecule has 0 saturated heterocycles. The average Bonchev–Trinajstić information content (AvgIpc) is 2.31. The van der Waals surface area contributed by atoms with Gasteiger partial charge in [0, 0.05) is 5.92 Å². The fraction of sp³-hybridized carbons (Fsp3) is 0.385. The lowest BCUT2D eigenvalue weighted by molar-refractivity contribution is -0.135. The van der Waals surface area contributed by atoms with Crippen LogP contribution in [0.5, 0.6) is 5.75 Å². The lowest BCUT2D eigenvalue weighted by atomic mass is 10.0. The van der Waals surface area contributed by atoms with Crippen molar-refractivity contribution in [1.29, 1.82) is 0 Å². The molecule has 1 aromatic carbocycles. The van der Waals surface area contributed by atoms with Crippen LogP contribution in [-0.4, -0.2) is 12.0 Å². The van der Waals surface area contributed by atoms with Gasteiger partial charge >= 0.3 is 12.0 Å². The normalized spacial score (nSPS) is 13.6. The Morgan fingerprint density at radius 1 is 1.44 bits per heavy atom. The van der Waals surface area contributed by atoms with Crippen molar-refractivity contribution in [2.45, 2.75) is 26.3 Å². The Hall–Kier alpha value is -1.82. The van der Waals surface area contributed by atoms with Gasteiger partial charge in [-0.2, -0.15) is 0 Å². The van der Waals surface area contributed by atoms with E-state index in [-0.39, 0.29) is 5.92 Å². The van der Waals surface area contributed by atoms with Crippen molar-refractivity contribution in [3.8, 4) is 5.75 Å². The maximum atomic E-state index is 11.7. The van der Waals surface area contributed by atoms with Gasteiger partial charge in [-0.05, 0) is 18.6 Å². The van der Waals surface area contributed by atoms with Crippen LogP contribution >= 0.6 is 0 Å². The number of para-hydroxylation sites is 1. The highest BCUT2D eigenvalue weighted by Crippen LogP contribution is 2.16. The van der Waals surface area contributed by atoms with E-state index in [1.54, 1.807) is 24.3 Å². The van der Waals surface area contributed by atoms with Crippen LogP contribution in [-0.2, 0) is 4.79 Å². The van der Waals surface area contributed by atoms with Crippen molar-refractivity contribution in [3.63, 3.8) is 0 Å². The van der Waals surface area contributed by atoms with Gasteiger partial charge in [-0.15, -0.1) is 0 Å². The van der Waals surface area contributed by atoms with Crippen LogP contribution in [0.1, 0.15) is 20.3 Å². The third-order valence-electron chi connectivity index (χ3n) is 2.53. The lowest BCUT2D eigenvalue weighted by Crippen LogP contribution is -2.28. The molecular weight excluding hydrogens is 202 g/mol. The molecule has 0 aliphatic heterocycles. The molecular formula is C13H15NO2. The number of nitrogens with zero attached hydrogens (tertiary/aromatic N) is 1. The monoisotopic (exact) mass is 217 g/mol.